The monoisotopic (exact) mass is 361 g/mol. The number of fused-ring (bicyclic) bond motifs is 3. The number of H-pyrrole nitrogens is 1. The Morgan fingerprint density at radius 1 is 1.07 bits per heavy atom. The van der Waals surface area contributed by atoms with Crippen molar-refractivity contribution in [3.05, 3.63) is 71.4 Å². The van der Waals surface area contributed by atoms with E-state index in [2.05, 4.69) is 60.1 Å². The predicted molar refractivity (Wildman–Crippen MR) is 110 cm³/mol. The van der Waals surface area contributed by atoms with E-state index in [-0.39, 0.29) is 11.9 Å². The van der Waals surface area contributed by atoms with Crippen LogP contribution in [0.2, 0.25) is 0 Å². The first-order valence-electron chi connectivity index (χ1n) is 9.89. The van der Waals surface area contributed by atoms with Crippen LogP contribution in [-0.2, 0) is 17.8 Å². The maximum atomic E-state index is 13.6. The molecule has 0 spiro atoms. The highest BCUT2D eigenvalue weighted by molar-refractivity contribution is 5.87. The second kappa shape index (κ2) is 7.57. The molecule has 1 aromatic heterocycles. The van der Waals surface area contributed by atoms with Crippen molar-refractivity contribution in [2.24, 2.45) is 0 Å². The van der Waals surface area contributed by atoms with E-state index in [1.54, 1.807) is 0 Å². The number of carbonyl (C=O) groups is 1. The van der Waals surface area contributed by atoms with Crippen molar-refractivity contribution in [3.8, 4) is 0 Å². The molecule has 0 aliphatic carbocycles. The van der Waals surface area contributed by atoms with Crippen LogP contribution in [0.25, 0.3) is 10.9 Å². The normalized spacial score (nSPS) is 15.1. The summed E-state index contributed by atoms with van der Waals surface area (Å²) >= 11 is 0. The predicted octanol–water partition coefficient (Wildman–Crippen LogP) is 4.14. The Morgan fingerprint density at radius 2 is 1.78 bits per heavy atom. The van der Waals surface area contributed by atoms with Gasteiger partial charge in [-0.15, -0.1) is 0 Å². The van der Waals surface area contributed by atoms with Crippen LogP contribution < -0.4 is 0 Å². The Bertz CT molecular complexity index is 927. The number of hydrogen-bond donors (Lipinski definition) is 1. The molecular weight excluding hydrogens is 334 g/mol. The first kappa shape index (κ1) is 17.8. The summed E-state index contributed by atoms with van der Waals surface area (Å²) in [6.07, 6.45) is 0.884. The number of aromatic amines is 1. The summed E-state index contributed by atoms with van der Waals surface area (Å²) in [5.41, 5.74) is 4.80. The molecule has 1 aliphatic heterocycles. The molecule has 0 saturated heterocycles. The van der Waals surface area contributed by atoms with E-state index in [1.807, 2.05) is 23.1 Å². The number of rotatable bonds is 5. The van der Waals surface area contributed by atoms with Gasteiger partial charge in [0.05, 0.1) is 0 Å². The second-order valence-electron chi connectivity index (χ2n) is 7.17. The highest BCUT2D eigenvalue weighted by Gasteiger charge is 2.32. The molecular formula is C23H27N3O. The van der Waals surface area contributed by atoms with Crippen molar-refractivity contribution in [2.75, 3.05) is 19.6 Å². The molecule has 1 N–H and O–H groups in total. The minimum atomic E-state index is -0.215. The molecule has 27 heavy (non-hydrogen) atoms. The van der Waals surface area contributed by atoms with Crippen molar-refractivity contribution in [2.45, 2.75) is 32.9 Å². The van der Waals surface area contributed by atoms with Gasteiger partial charge in [0, 0.05) is 41.7 Å². The summed E-state index contributed by atoms with van der Waals surface area (Å²) in [5.74, 6) is 0.209. The van der Waals surface area contributed by atoms with Gasteiger partial charge < -0.3 is 9.88 Å². The molecule has 4 nitrogen and oxygen atoms in total. The molecule has 2 aromatic carbocycles. The molecule has 0 saturated carbocycles. The molecule has 0 radical (unpaired) electrons. The minimum Gasteiger partial charge on any atom is -0.358 e. The van der Waals surface area contributed by atoms with E-state index in [0.717, 1.165) is 31.6 Å². The quantitative estimate of drug-likeness (QED) is 0.742. The Kier molecular flexibility index (Phi) is 4.99. The van der Waals surface area contributed by atoms with Gasteiger partial charge in [-0.25, -0.2) is 0 Å². The zero-order valence-corrected chi connectivity index (χ0v) is 16.1. The highest BCUT2D eigenvalue weighted by Crippen LogP contribution is 2.30. The molecule has 1 unspecified atom stereocenters. The Labute approximate surface area is 160 Å². The molecule has 4 rings (SSSR count). The molecule has 1 atom stereocenters. The average molecular weight is 361 g/mol. The second-order valence-corrected chi connectivity index (χ2v) is 7.17. The van der Waals surface area contributed by atoms with Gasteiger partial charge in [0.2, 0.25) is 5.91 Å². The van der Waals surface area contributed by atoms with Crippen LogP contribution in [0.3, 0.4) is 0 Å². The standard InChI is InChI=1S/C23H27N3O/c1-3-25(4-2)22(17-10-6-5-7-11-17)23(27)26-15-14-21-19(16-26)18-12-8-9-13-20(18)24-21/h5-13,22,24H,3-4,14-16H2,1-2H3. The van der Waals surface area contributed by atoms with E-state index in [9.17, 15) is 4.79 Å². The van der Waals surface area contributed by atoms with Gasteiger partial charge in [-0.3, -0.25) is 9.69 Å². The van der Waals surface area contributed by atoms with Crippen molar-refractivity contribution in [3.63, 3.8) is 0 Å². The SMILES string of the molecule is CCN(CC)C(C(=O)N1CCc2[nH]c3ccccc3c2C1)c1ccccc1. The van der Waals surface area contributed by atoms with Crippen LogP contribution in [0.1, 0.15) is 36.7 Å². The Hall–Kier alpha value is -2.59. The first-order valence-corrected chi connectivity index (χ1v) is 9.89. The number of hydrogen-bond acceptors (Lipinski definition) is 2. The van der Waals surface area contributed by atoms with Gasteiger partial charge in [0.25, 0.3) is 0 Å². The van der Waals surface area contributed by atoms with Crippen LogP contribution >= 0.6 is 0 Å². The van der Waals surface area contributed by atoms with Crippen LogP contribution in [0.5, 0.6) is 0 Å². The zero-order valence-electron chi connectivity index (χ0n) is 16.1. The fraction of sp³-hybridized carbons (Fsp3) is 0.348. The lowest BCUT2D eigenvalue weighted by atomic mass is 10.00. The van der Waals surface area contributed by atoms with Crippen LogP contribution in [0.4, 0.5) is 0 Å². The summed E-state index contributed by atoms with van der Waals surface area (Å²) in [6, 6.07) is 18.4. The third-order valence-electron chi connectivity index (χ3n) is 5.72. The fourth-order valence-corrected chi connectivity index (χ4v) is 4.26. The smallest absolute Gasteiger partial charge is 0.244 e. The summed E-state index contributed by atoms with van der Waals surface area (Å²) in [4.78, 5) is 21.4. The van der Waals surface area contributed by atoms with E-state index in [4.69, 9.17) is 0 Å². The summed E-state index contributed by atoms with van der Waals surface area (Å²) in [7, 11) is 0. The lowest BCUT2D eigenvalue weighted by Gasteiger charge is -2.35. The topological polar surface area (TPSA) is 39.3 Å². The van der Waals surface area contributed by atoms with E-state index < -0.39 is 0 Å². The number of benzene rings is 2. The average Bonchev–Trinajstić information content (AvgIpc) is 3.10. The third kappa shape index (κ3) is 3.26. The van der Waals surface area contributed by atoms with Gasteiger partial charge in [-0.05, 0) is 24.7 Å². The molecule has 3 aromatic rings. The Balaban J connectivity index is 1.66. The summed E-state index contributed by atoms with van der Waals surface area (Å²) < 4.78 is 0. The van der Waals surface area contributed by atoms with E-state index in [0.29, 0.717) is 6.54 Å². The number of aromatic nitrogens is 1. The lowest BCUT2D eigenvalue weighted by Crippen LogP contribution is -2.44. The maximum Gasteiger partial charge on any atom is 0.244 e. The van der Waals surface area contributed by atoms with Crippen molar-refractivity contribution < 1.29 is 4.79 Å². The van der Waals surface area contributed by atoms with Crippen molar-refractivity contribution in [1.29, 1.82) is 0 Å². The molecule has 2 heterocycles. The van der Waals surface area contributed by atoms with Crippen LogP contribution in [0, 0.1) is 0 Å². The number of para-hydroxylation sites is 1. The van der Waals surface area contributed by atoms with Crippen molar-refractivity contribution >= 4 is 16.8 Å². The van der Waals surface area contributed by atoms with Gasteiger partial charge in [-0.1, -0.05) is 62.4 Å². The summed E-state index contributed by atoms with van der Waals surface area (Å²) in [6.45, 7) is 7.41. The van der Waals surface area contributed by atoms with Gasteiger partial charge in [0.15, 0.2) is 0 Å². The fourth-order valence-electron chi connectivity index (χ4n) is 4.26. The molecule has 0 fully saturated rings. The van der Waals surface area contributed by atoms with Gasteiger partial charge >= 0.3 is 0 Å². The number of amides is 1. The molecule has 4 heteroatoms. The number of carbonyl (C=O) groups excluding carboxylic acids is 1. The Morgan fingerprint density at radius 3 is 2.52 bits per heavy atom. The minimum absolute atomic E-state index is 0.209. The number of likely N-dealkylation sites (N-methyl/N-ethyl adjacent to an activating group) is 1. The summed E-state index contributed by atoms with van der Waals surface area (Å²) in [5, 5.41) is 1.24. The van der Waals surface area contributed by atoms with Gasteiger partial charge in [-0.2, -0.15) is 0 Å². The van der Waals surface area contributed by atoms with E-state index >= 15 is 0 Å². The first-order chi connectivity index (χ1) is 13.2. The third-order valence-corrected chi connectivity index (χ3v) is 5.72. The van der Waals surface area contributed by atoms with Crippen LogP contribution in [0.15, 0.2) is 54.6 Å². The lowest BCUT2D eigenvalue weighted by molar-refractivity contribution is -0.138. The molecule has 1 amide bonds. The molecule has 0 bridgehead atoms. The highest BCUT2D eigenvalue weighted by atomic mass is 16.2. The number of nitrogens with one attached hydrogen (secondary N) is 1. The largest absolute Gasteiger partial charge is 0.358 e. The van der Waals surface area contributed by atoms with E-state index in [1.165, 1.54) is 22.2 Å². The van der Waals surface area contributed by atoms with Crippen LogP contribution in [-0.4, -0.2) is 40.3 Å². The van der Waals surface area contributed by atoms with Gasteiger partial charge in [0.1, 0.15) is 6.04 Å². The maximum absolute atomic E-state index is 13.6. The molecule has 140 valence electrons. The molecule has 1 aliphatic rings. The zero-order chi connectivity index (χ0) is 18.8. The number of nitrogens with zero attached hydrogens (tertiary/aromatic N) is 2. The van der Waals surface area contributed by atoms with Crippen molar-refractivity contribution in [1.82, 2.24) is 14.8 Å².